The van der Waals surface area contributed by atoms with Crippen LogP contribution in [-0.4, -0.2) is 41.6 Å². The zero-order chi connectivity index (χ0) is 25.0. The highest BCUT2D eigenvalue weighted by atomic mass is 16.5. The zero-order valence-corrected chi connectivity index (χ0v) is 19.6. The van der Waals surface area contributed by atoms with Crippen molar-refractivity contribution in [1.29, 1.82) is 0 Å². The minimum atomic E-state index is -0.804. The van der Waals surface area contributed by atoms with E-state index in [1.54, 1.807) is 53.4 Å². The molecule has 3 aromatic rings. The van der Waals surface area contributed by atoms with Crippen molar-refractivity contribution in [2.24, 2.45) is 17.8 Å². The highest BCUT2D eigenvalue weighted by Gasteiger charge is 2.67. The number of fused-ring (bicyclic) bond motifs is 2. The summed E-state index contributed by atoms with van der Waals surface area (Å²) in [5, 5.41) is 0. The molecule has 7 heteroatoms. The number of hydrogen-bond donors (Lipinski definition) is 0. The van der Waals surface area contributed by atoms with Crippen LogP contribution in [0.4, 0.5) is 5.69 Å². The first-order valence-electron chi connectivity index (χ1n) is 12.0. The maximum Gasteiger partial charge on any atom is 0.254 e. The lowest BCUT2D eigenvalue weighted by Crippen LogP contribution is -2.64. The number of carbonyl (C=O) groups is 4. The average molecular weight is 481 g/mol. The number of amides is 3. The molecule has 0 spiro atoms. The Kier molecular flexibility index (Phi) is 5.21. The van der Waals surface area contributed by atoms with E-state index in [1.807, 2.05) is 36.4 Å². The summed E-state index contributed by atoms with van der Waals surface area (Å²) in [5.74, 6) is -2.93. The molecule has 3 saturated heterocycles. The number of imide groups is 1. The van der Waals surface area contributed by atoms with E-state index < -0.39 is 29.8 Å². The second kappa shape index (κ2) is 8.45. The molecule has 7 nitrogen and oxygen atoms in total. The van der Waals surface area contributed by atoms with Crippen LogP contribution >= 0.6 is 0 Å². The van der Waals surface area contributed by atoms with Gasteiger partial charge in [-0.2, -0.15) is 0 Å². The lowest BCUT2D eigenvalue weighted by Gasteiger charge is -2.54. The van der Waals surface area contributed by atoms with Crippen LogP contribution in [0.5, 0.6) is 5.75 Å². The molecule has 5 atom stereocenters. The Labute approximate surface area is 208 Å². The van der Waals surface area contributed by atoms with Crippen molar-refractivity contribution in [3.63, 3.8) is 0 Å². The van der Waals surface area contributed by atoms with E-state index >= 15 is 0 Å². The molecule has 0 aromatic heterocycles. The van der Waals surface area contributed by atoms with E-state index in [0.717, 1.165) is 5.56 Å². The van der Waals surface area contributed by atoms with Gasteiger partial charge in [0.15, 0.2) is 0 Å². The van der Waals surface area contributed by atoms with Gasteiger partial charge in [-0.15, -0.1) is 0 Å². The van der Waals surface area contributed by atoms with Crippen LogP contribution in [-0.2, 0) is 14.4 Å². The largest absolute Gasteiger partial charge is 0.497 e. The Bertz CT molecular complexity index is 1370. The number of Topliss-reactive ketones (excluding diaryl/α,β-unsaturated/α-hetero) is 1. The molecule has 0 radical (unpaired) electrons. The molecule has 180 valence electrons. The first-order valence-corrected chi connectivity index (χ1v) is 12.0. The number of para-hydroxylation sites is 1. The van der Waals surface area contributed by atoms with E-state index in [-0.39, 0.29) is 29.9 Å². The summed E-state index contributed by atoms with van der Waals surface area (Å²) in [4.78, 5) is 57.8. The molecule has 0 N–H and O–H groups in total. The quantitative estimate of drug-likeness (QED) is 0.533. The molecule has 7 rings (SSSR count). The molecule has 1 aliphatic carbocycles. The van der Waals surface area contributed by atoms with Crippen LogP contribution < -0.4 is 9.64 Å². The molecule has 1 saturated carbocycles. The van der Waals surface area contributed by atoms with Gasteiger partial charge in [0.25, 0.3) is 5.91 Å². The minimum Gasteiger partial charge on any atom is -0.497 e. The zero-order valence-electron chi connectivity index (χ0n) is 19.6. The molecular formula is C29H24N2O5. The third-order valence-electron chi connectivity index (χ3n) is 7.69. The Balaban J connectivity index is 1.50. The number of methoxy groups -OCH3 is 1. The first kappa shape index (κ1) is 22.2. The maximum atomic E-state index is 14.0. The second-order valence-electron chi connectivity index (χ2n) is 9.46. The fourth-order valence-electron chi connectivity index (χ4n) is 6.22. The third-order valence-corrected chi connectivity index (χ3v) is 7.69. The van der Waals surface area contributed by atoms with E-state index in [0.29, 0.717) is 17.0 Å². The number of piperidine rings is 2. The summed E-state index contributed by atoms with van der Waals surface area (Å²) in [5.41, 5.74) is 1.66. The van der Waals surface area contributed by atoms with E-state index in [2.05, 4.69) is 0 Å². The molecule has 3 amide bonds. The Morgan fingerprint density at radius 2 is 1.47 bits per heavy atom. The normalized spacial score (nSPS) is 26.8. The Hall–Kier alpha value is -4.26. The van der Waals surface area contributed by atoms with Gasteiger partial charge in [-0.25, -0.2) is 4.90 Å². The number of hydrogen-bond acceptors (Lipinski definition) is 5. The van der Waals surface area contributed by atoms with Crippen molar-refractivity contribution in [2.75, 3.05) is 12.0 Å². The van der Waals surface area contributed by atoms with Gasteiger partial charge in [0, 0.05) is 12.0 Å². The molecule has 5 unspecified atom stereocenters. The smallest absolute Gasteiger partial charge is 0.254 e. The summed E-state index contributed by atoms with van der Waals surface area (Å²) in [6, 6.07) is 23.6. The summed E-state index contributed by atoms with van der Waals surface area (Å²) < 4.78 is 5.32. The highest BCUT2D eigenvalue weighted by Crippen LogP contribution is 2.55. The Morgan fingerprint density at radius 3 is 2.17 bits per heavy atom. The molecule has 2 bridgehead atoms. The van der Waals surface area contributed by atoms with Crippen LogP contribution in [0.25, 0.3) is 0 Å². The minimum absolute atomic E-state index is 0.0481. The standard InChI is InChI=1S/C29H24N2O5/c1-36-20-14-8-11-18(15-20)27(33)31-21-16-22(32)24(26(31)17-9-4-2-5-10-17)25-23(21)28(34)30(29(25)35)19-12-6-3-7-13-19/h2-15,21,23-26H,16H2,1H3. The molecule has 3 aliphatic heterocycles. The summed E-state index contributed by atoms with van der Waals surface area (Å²) in [6.45, 7) is 0. The van der Waals surface area contributed by atoms with Crippen LogP contribution in [0, 0.1) is 17.8 Å². The van der Waals surface area contributed by atoms with Crippen LogP contribution in [0.1, 0.15) is 28.4 Å². The summed E-state index contributed by atoms with van der Waals surface area (Å²) in [6.07, 6.45) is 0.0481. The van der Waals surface area contributed by atoms with Crippen LogP contribution in [0.3, 0.4) is 0 Å². The third kappa shape index (κ3) is 3.19. The fourth-order valence-corrected chi connectivity index (χ4v) is 6.22. The van der Waals surface area contributed by atoms with Crippen LogP contribution in [0.2, 0.25) is 0 Å². The van der Waals surface area contributed by atoms with Crippen LogP contribution in [0.15, 0.2) is 84.9 Å². The topological polar surface area (TPSA) is 84.0 Å². The van der Waals surface area contributed by atoms with Crippen molar-refractivity contribution in [2.45, 2.75) is 18.5 Å². The summed E-state index contributed by atoms with van der Waals surface area (Å²) in [7, 11) is 1.53. The SMILES string of the molecule is COc1cccc(C(=O)N2C3CC(=O)C(C4C(=O)N(c5ccccc5)C(=O)C43)C2c2ccccc2)c1. The van der Waals surface area contributed by atoms with Crippen molar-refractivity contribution < 1.29 is 23.9 Å². The van der Waals surface area contributed by atoms with Gasteiger partial charge in [-0.3, -0.25) is 19.2 Å². The highest BCUT2D eigenvalue weighted by molar-refractivity contribution is 6.24. The van der Waals surface area contributed by atoms with Gasteiger partial charge >= 0.3 is 0 Å². The van der Waals surface area contributed by atoms with Gasteiger partial charge in [0.1, 0.15) is 11.5 Å². The number of benzene rings is 3. The molecule has 4 aliphatic rings. The second-order valence-corrected chi connectivity index (χ2v) is 9.46. The number of anilines is 1. The van der Waals surface area contributed by atoms with Gasteiger partial charge < -0.3 is 9.64 Å². The number of ketones is 1. The number of carbonyl (C=O) groups excluding carboxylic acids is 4. The van der Waals surface area contributed by atoms with Crippen molar-refractivity contribution in [3.8, 4) is 5.75 Å². The van der Waals surface area contributed by atoms with Gasteiger partial charge in [0.2, 0.25) is 11.8 Å². The van der Waals surface area contributed by atoms with E-state index in [1.165, 1.54) is 12.0 Å². The average Bonchev–Trinajstić information content (AvgIpc) is 3.19. The Morgan fingerprint density at radius 1 is 0.806 bits per heavy atom. The van der Waals surface area contributed by atoms with E-state index in [9.17, 15) is 19.2 Å². The lowest BCUT2D eigenvalue weighted by atomic mass is 9.60. The van der Waals surface area contributed by atoms with Gasteiger partial charge in [0.05, 0.1) is 42.6 Å². The maximum absolute atomic E-state index is 14.0. The van der Waals surface area contributed by atoms with Crippen molar-refractivity contribution >= 4 is 29.2 Å². The number of nitrogens with zero attached hydrogens (tertiary/aromatic N) is 2. The summed E-state index contributed by atoms with van der Waals surface area (Å²) >= 11 is 0. The van der Waals surface area contributed by atoms with Crippen molar-refractivity contribution in [3.05, 3.63) is 96.1 Å². The van der Waals surface area contributed by atoms with E-state index in [4.69, 9.17) is 4.74 Å². The van der Waals surface area contributed by atoms with Gasteiger partial charge in [-0.05, 0) is 35.9 Å². The predicted octanol–water partition coefficient (Wildman–Crippen LogP) is 3.66. The monoisotopic (exact) mass is 480 g/mol. The molecule has 3 aromatic carbocycles. The van der Waals surface area contributed by atoms with Gasteiger partial charge in [-0.1, -0.05) is 54.6 Å². The molecule has 4 fully saturated rings. The molecule has 3 heterocycles. The lowest BCUT2D eigenvalue weighted by molar-refractivity contribution is -0.153. The fraction of sp³-hybridized carbons (Fsp3) is 0.241. The molecular weight excluding hydrogens is 456 g/mol. The van der Waals surface area contributed by atoms with Crippen molar-refractivity contribution in [1.82, 2.24) is 4.90 Å². The first-order chi connectivity index (χ1) is 17.5. The number of ether oxygens (including phenoxy) is 1. The predicted molar refractivity (Wildman–Crippen MR) is 131 cm³/mol. The number of rotatable bonds is 4. The molecule has 36 heavy (non-hydrogen) atoms.